The van der Waals surface area contributed by atoms with E-state index in [4.69, 9.17) is 9.26 Å². The fraction of sp³-hybridized carbons (Fsp3) is 0.353. The van der Waals surface area contributed by atoms with Gasteiger partial charge in [-0.2, -0.15) is 0 Å². The lowest BCUT2D eigenvalue weighted by Crippen LogP contribution is -2.21. The Morgan fingerprint density at radius 3 is 2.52 bits per heavy atom. The van der Waals surface area contributed by atoms with Crippen LogP contribution in [0.3, 0.4) is 0 Å². The Morgan fingerprint density at radius 2 is 1.91 bits per heavy atom. The lowest BCUT2D eigenvalue weighted by molar-refractivity contribution is -0.146. The second kappa shape index (κ2) is 7.09. The molecule has 0 saturated heterocycles. The van der Waals surface area contributed by atoms with Gasteiger partial charge in [0.25, 0.3) is 5.91 Å². The third kappa shape index (κ3) is 5.25. The number of ether oxygens (including phenoxy) is 1. The normalized spacial score (nSPS) is 11.1. The number of hydrogen-bond donors (Lipinski definition) is 1. The SMILES string of the molecule is CC(C)(C)c1cc(NC(=O)COC(=O)Cc2ccccc2)on1. The first kappa shape index (κ1) is 16.7. The maximum absolute atomic E-state index is 11.8. The van der Waals surface area contributed by atoms with Gasteiger partial charge in [0.15, 0.2) is 6.61 Å². The number of hydrogen-bond acceptors (Lipinski definition) is 5. The van der Waals surface area contributed by atoms with Crippen LogP contribution in [-0.2, 0) is 26.2 Å². The molecule has 2 rings (SSSR count). The predicted molar refractivity (Wildman–Crippen MR) is 84.9 cm³/mol. The van der Waals surface area contributed by atoms with E-state index in [-0.39, 0.29) is 24.3 Å². The fourth-order valence-corrected chi connectivity index (χ4v) is 1.82. The monoisotopic (exact) mass is 316 g/mol. The molecule has 2 aromatic rings. The molecule has 0 aliphatic carbocycles. The third-order valence-electron chi connectivity index (χ3n) is 3.10. The summed E-state index contributed by atoms with van der Waals surface area (Å²) in [7, 11) is 0. The summed E-state index contributed by atoms with van der Waals surface area (Å²) >= 11 is 0. The molecule has 0 aliphatic heterocycles. The van der Waals surface area contributed by atoms with Crippen molar-refractivity contribution in [3.8, 4) is 0 Å². The number of amides is 1. The third-order valence-corrected chi connectivity index (χ3v) is 3.10. The van der Waals surface area contributed by atoms with Gasteiger partial charge in [-0.1, -0.05) is 56.3 Å². The highest BCUT2D eigenvalue weighted by molar-refractivity contribution is 5.91. The molecule has 0 unspecified atom stereocenters. The van der Waals surface area contributed by atoms with E-state index in [0.717, 1.165) is 11.3 Å². The molecule has 0 radical (unpaired) electrons. The van der Waals surface area contributed by atoms with E-state index in [1.807, 2.05) is 51.1 Å². The van der Waals surface area contributed by atoms with Crippen LogP contribution in [0.5, 0.6) is 0 Å². The molecule has 0 fully saturated rings. The second-order valence-corrected chi connectivity index (χ2v) is 6.20. The van der Waals surface area contributed by atoms with Crippen molar-refractivity contribution in [2.45, 2.75) is 32.6 Å². The highest BCUT2D eigenvalue weighted by atomic mass is 16.5. The Morgan fingerprint density at radius 1 is 1.22 bits per heavy atom. The van der Waals surface area contributed by atoms with Gasteiger partial charge < -0.3 is 9.26 Å². The molecular weight excluding hydrogens is 296 g/mol. The van der Waals surface area contributed by atoms with Crippen molar-refractivity contribution in [3.05, 3.63) is 47.7 Å². The van der Waals surface area contributed by atoms with Gasteiger partial charge in [0, 0.05) is 11.5 Å². The van der Waals surface area contributed by atoms with E-state index in [0.29, 0.717) is 0 Å². The molecule has 0 atom stereocenters. The van der Waals surface area contributed by atoms with Gasteiger partial charge in [0.05, 0.1) is 12.1 Å². The van der Waals surface area contributed by atoms with E-state index < -0.39 is 11.9 Å². The van der Waals surface area contributed by atoms with Crippen molar-refractivity contribution in [3.63, 3.8) is 0 Å². The van der Waals surface area contributed by atoms with Crippen LogP contribution in [0.1, 0.15) is 32.0 Å². The number of carbonyl (C=O) groups excluding carboxylic acids is 2. The average Bonchev–Trinajstić information content (AvgIpc) is 2.95. The van der Waals surface area contributed by atoms with Crippen molar-refractivity contribution in [2.24, 2.45) is 0 Å². The quantitative estimate of drug-likeness (QED) is 0.858. The summed E-state index contributed by atoms with van der Waals surface area (Å²) in [4.78, 5) is 23.4. The van der Waals surface area contributed by atoms with Gasteiger partial charge in [-0.05, 0) is 5.56 Å². The summed E-state index contributed by atoms with van der Waals surface area (Å²) < 4.78 is 9.98. The van der Waals surface area contributed by atoms with E-state index >= 15 is 0 Å². The largest absolute Gasteiger partial charge is 0.455 e. The Balaban J connectivity index is 1.79. The molecule has 6 heteroatoms. The Kier molecular flexibility index (Phi) is 5.16. The summed E-state index contributed by atoms with van der Waals surface area (Å²) in [6, 6.07) is 10.8. The van der Waals surface area contributed by atoms with E-state index in [1.165, 1.54) is 0 Å². The first-order valence-corrected chi connectivity index (χ1v) is 7.31. The number of esters is 1. The molecule has 1 heterocycles. The fourth-order valence-electron chi connectivity index (χ4n) is 1.82. The minimum absolute atomic E-state index is 0.130. The first-order chi connectivity index (χ1) is 10.8. The number of rotatable bonds is 5. The molecule has 0 aliphatic rings. The zero-order chi connectivity index (χ0) is 16.9. The van der Waals surface area contributed by atoms with Crippen molar-refractivity contribution >= 4 is 17.8 Å². The molecule has 6 nitrogen and oxygen atoms in total. The van der Waals surface area contributed by atoms with Gasteiger partial charge in [0.1, 0.15) is 0 Å². The Labute approximate surface area is 134 Å². The van der Waals surface area contributed by atoms with Crippen LogP contribution in [0, 0.1) is 0 Å². The predicted octanol–water partition coefficient (Wildman–Crippen LogP) is 2.70. The van der Waals surface area contributed by atoms with E-state index in [9.17, 15) is 9.59 Å². The molecule has 1 N–H and O–H groups in total. The average molecular weight is 316 g/mol. The molecular formula is C17H20N2O4. The van der Waals surface area contributed by atoms with Crippen LogP contribution in [-0.4, -0.2) is 23.6 Å². The van der Waals surface area contributed by atoms with Gasteiger partial charge in [-0.15, -0.1) is 0 Å². The molecule has 122 valence electrons. The number of anilines is 1. The summed E-state index contributed by atoms with van der Waals surface area (Å²) in [5.41, 5.74) is 1.39. The molecule has 1 aromatic carbocycles. The van der Waals surface area contributed by atoms with Crippen LogP contribution >= 0.6 is 0 Å². The van der Waals surface area contributed by atoms with E-state index in [1.54, 1.807) is 6.07 Å². The van der Waals surface area contributed by atoms with Crippen LogP contribution in [0.4, 0.5) is 5.88 Å². The minimum atomic E-state index is -0.469. The minimum Gasteiger partial charge on any atom is -0.455 e. The standard InChI is InChI=1S/C17H20N2O4/c1-17(2,3)13-10-15(23-19-13)18-14(20)11-22-16(21)9-12-7-5-4-6-8-12/h4-8,10H,9,11H2,1-3H3,(H,18,20). The molecule has 23 heavy (non-hydrogen) atoms. The number of carbonyl (C=O) groups is 2. The molecule has 0 spiro atoms. The van der Waals surface area contributed by atoms with Crippen LogP contribution in [0.15, 0.2) is 40.9 Å². The molecule has 0 saturated carbocycles. The van der Waals surface area contributed by atoms with E-state index in [2.05, 4.69) is 10.5 Å². The maximum atomic E-state index is 11.8. The maximum Gasteiger partial charge on any atom is 0.310 e. The Hall–Kier alpha value is -2.63. The van der Waals surface area contributed by atoms with Crippen LogP contribution < -0.4 is 5.32 Å². The van der Waals surface area contributed by atoms with Crippen molar-refractivity contribution < 1.29 is 18.8 Å². The smallest absolute Gasteiger partial charge is 0.310 e. The zero-order valence-electron chi connectivity index (χ0n) is 13.5. The summed E-state index contributed by atoms with van der Waals surface area (Å²) in [6.07, 6.45) is 0.130. The van der Waals surface area contributed by atoms with Gasteiger partial charge in [-0.3, -0.25) is 14.9 Å². The molecule has 0 bridgehead atoms. The highest BCUT2D eigenvalue weighted by Crippen LogP contribution is 2.23. The Bertz CT molecular complexity index is 671. The zero-order valence-corrected chi connectivity index (χ0v) is 13.5. The second-order valence-electron chi connectivity index (χ2n) is 6.20. The lowest BCUT2D eigenvalue weighted by atomic mass is 9.92. The first-order valence-electron chi connectivity index (χ1n) is 7.31. The molecule has 1 aromatic heterocycles. The van der Waals surface area contributed by atoms with Crippen molar-refractivity contribution in [2.75, 3.05) is 11.9 Å². The number of benzene rings is 1. The van der Waals surface area contributed by atoms with Crippen molar-refractivity contribution in [1.82, 2.24) is 5.16 Å². The van der Waals surface area contributed by atoms with Gasteiger partial charge in [-0.25, -0.2) is 0 Å². The van der Waals surface area contributed by atoms with Crippen LogP contribution in [0.2, 0.25) is 0 Å². The summed E-state index contributed by atoms with van der Waals surface area (Å²) in [6.45, 7) is 5.60. The summed E-state index contributed by atoms with van der Waals surface area (Å²) in [5, 5.41) is 6.40. The number of aromatic nitrogens is 1. The van der Waals surface area contributed by atoms with Crippen molar-refractivity contribution in [1.29, 1.82) is 0 Å². The topological polar surface area (TPSA) is 81.4 Å². The van der Waals surface area contributed by atoms with Crippen LogP contribution in [0.25, 0.3) is 0 Å². The number of nitrogens with zero attached hydrogens (tertiary/aromatic N) is 1. The van der Waals surface area contributed by atoms with Gasteiger partial charge >= 0.3 is 5.97 Å². The van der Waals surface area contributed by atoms with Gasteiger partial charge in [0.2, 0.25) is 5.88 Å². The molecule has 1 amide bonds. The lowest BCUT2D eigenvalue weighted by Gasteiger charge is -2.12. The number of nitrogens with one attached hydrogen (secondary N) is 1. The summed E-state index contributed by atoms with van der Waals surface area (Å²) in [5.74, 6) is -0.693. The highest BCUT2D eigenvalue weighted by Gasteiger charge is 2.20.